The molecule has 1 saturated heterocycles. The minimum Gasteiger partial charge on any atom is -0.497 e. The highest BCUT2D eigenvalue weighted by Gasteiger charge is 2.16. The van der Waals surface area contributed by atoms with Crippen LogP contribution in [0.25, 0.3) is 5.70 Å². The van der Waals surface area contributed by atoms with Gasteiger partial charge in [0.1, 0.15) is 5.75 Å². The van der Waals surface area contributed by atoms with Crippen LogP contribution in [0.2, 0.25) is 0 Å². The van der Waals surface area contributed by atoms with Crippen molar-refractivity contribution < 1.29 is 9.53 Å². The molecule has 0 amide bonds. The summed E-state index contributed by atoms with van der Waals surface area (Å²) in [5.41, 5.74) is 2.80. The van der Waals surface area contributed by atoms with Gasteiger partial charge < -0.3 is 9.64 Å². The first-order chi connectivity index (χ1) is 11.8. The summed E-state index contributed by atoms with van der Waals surface area (Å²) in [6.45, 7) is 2.02. The molecule has 124 valence electrons. The van der Waals surface area contributed by atoms with E-state index in [1.54, 1.807) is 13.2 Å². The Morgan fingerprint density at radius 3 is 2.21 bits per heavy atom. The number of allylic oxidation sites excluding steroid dienone is 1. The summed E-state index contributed by atoms with van der Waals surface area (Å²) in [5.74, 6) is 0.789. The Morgan fingerprint density at radius 2 is 1.58 bits per heavy atom. The maximum absolute atomic E-state index is 12.7. The van der Waals surface area contributed by atoms with Gasteiger partial charge in [-0.2, -0.15) is 0 Å². The first-order valence-electron chi connectivity index (χ1n) is 8.48. The van der Waals surface area contributed by atoms with Gasteiger partial charge in [-0.3, -0.25) is 4.79 Å². The highest BCUT2D eigenvalue weighted by atomic mass is 16.5. The zero-order valence-corrected chi connectivity index (χ0v) is 14.1. The molecule has 0 N–H and O–H groups in total. The molecule has 0 bridgehead atoms. The Labute approximate surface area is 143 Å². The fourth-order valence-corrected chi connectivity index (χ4v) is 3.06. The maximum atomic E-state index is 12.7. The molecule has 1 aliphatic rings. The molecule has 0 aromatic heterocycles. The quantitative estimate of drug-likeness (QED) is 0.603. The smallest absolute Gasteiger partial charge is 0.187 e. The van der Waals surface area contributed by atoms with Gasteiger partial charge in [0.2, 0.25) is 0 Å². The van der Waals surface area contributed by atoms with Crippen molar-refractivity contribution in [2.45, 2.75) is 19.3 Å². The Bertz CT molecular complexity index is 698. The van der Waals surface area contributed by atoms with Gasteiger partial charge in [-0.1, -0.05) is 30.3 Å². The molecule has 1 fully saturated rings. The van der Waals surface area contributed by atoms with Gasteiger partial charge in [-0.05, 0) is 49.1 Å². The highest BCUT2D eigenvalue weighted by molar-refractivity contribution is 6.08. The minimum absolute atomic E-state index is 0.0297. The van der Waals surface area contributed by atoms with Gasteiger partial charge in [0.05, 0.1) is 7.11 Å². The summed E-state index contributed by atoms with van der Waals surface area (Å²) in [6.07, 6.45) is 5.41. The number of nitrogens with zero attached hydrogens (tertiary/aromatic N) is 1. The fourth-order valence-electron chi connectivity index (χ4n) is 3.06. The van der Waals surface area contributed by atoms with Crippen LogP contribution in [0.4, 0.5) is 0 Å². The van der Waals surface area contributed by atoms with E-state index in [9.17, 15) is 4.79 Å². The number of ketones is 1. The second-order valence-electron chi connectivity index (χ2n) is 6.04. The molecular weight excluding hydrogens is 298 g/mol. The molecule has 3 nitrogen and oxygen atoms in total. The van der Waals surface area contributed by atoms with E-state index in [0.29, 0.717) is 5.56 Å². The van der Waals surface area contributed by atoms with Crippen molar-refractivity contribution in [2.24, 2.45) is 0 Å². The first kappa shape index (κ1) is 16.3. The van der Waals surface area contributed by atoms with Gasteiger partial charge in [-0.25, -0.2) is 0 Å². The largest absolute Gasteiger partial charge is 0.497 e. The van der Waals surface area contributed by atoms with Crippen LogP contribution in [-0.4, -0.2) is 30.9 Å². The average molecular weight is 321 g/mol. The van der Waals surface area contributed by atoms with Crippen LogP contribution in [0.15, 0.2) is 60.7 Å². The van der Waals surface area contributed by atoms with Crippen LogP contribution >= 0.6 is 0 Å². The first-order valence-corrected chi connectivity index (χ1v) is 8.48. The summed E-state index contributed by atoms with van der Waals surface area (Å²) in [7, 11) is 1.63. The van der Waals surface area contributed by atoms with Crippen molar-refractivity contribution in [3.05, 3.63) is 71.8 Å². The second-order valence-corrected chi connectivity index (χ2v) is 6.04. The molecule has 0 spiro atoms. The number of carbonyl (C=O) groups is 1. The van der Waals surface area contributed by atoms with E-state index in [4.69, 9.17) is 4.74 Å². The molecule has 3 heteroatoms. The number of rotatable bonds is 5. The van der Waals surface area contributed by atoms with Crippen LogP contribution in [0.1, 0.15) is 35.2 Å². The predicted molar refractivity (Wildman–Crippen MR) is 97.2 cm³/mol. The third-order valence-corrected chi connectivity index (χ3v) is 4.41. The predicted octanol–water partition coefficient (Wildman–Crippen LogP) is 4.40. The number of ether oxygens (including phenoxy) is 1. The lowest BCUT2D eigenvalue weighted by Crippen LogP contribution is -2.28. The monoisotopic (exact) mass is 321 g/mol. The van der Waals surface area contributed by atoms with Gasteiger partial charge in [-0.15, -0.1) is 0 Å². The lowest BCUT2D eigenvalue weighted by molar-refractivity contribution is 0.104. The average Bonchev–Trinajstić information content (AvgIpc) is 2.67. The molecule has 0 aliphatic carbocycles. The van der Waals surface area contributed by atoms with Gasteiger partial charge in [0.25, 0.3) is 0 Å². The molecule has 1 aliphatic heterocycles. The summed E-state index contributed by atoms with van der Waals surface area (Å²) in [6, 6.07) is 17.5. The zero-order valence-electron chi connectivity index (χ0n) is 14.1. The van der Waals surface area contributed by atoms with Crippen molar-refractivity contribution in [3.8, 4) is 5.75 Å². The summed E-state index contributed by atoms with van der Waals surface area (Å²) < 4.78 is 5.16. The lowest BCUT2D eigenvalue weighted by atomic mass is 10.0. The normalized spacial score (nSPS) is 15.2. The Balaban J connectivity index is 1.91. The molecule has 1 heterocycles. The fraction of sp³-hybridized carbons (Fsp3) is 0.286. The highest BCUT2D eigenvalue weighted by Crippen LogP contribution is 2.24. The molecule has 24 heavy (non-hydrogen) atoms. The van der Waals surface area contributed by atoms with Crippen molar-refractivity contribution in [2.75, 3.05) is 20.2 Å². The SMILES string of the molecule is COc1ccc(C(=O)/C=C(\c2ccccc2)N2CCCCC2)cc1. The number of hydrogen-bond donors (Lipinski definition) is 0. The van der Waals surface area contributed by atoms with Crippen molar-refractivity contribution in [1.82, 2.24) is 4.90 Å². The van der Waals surface area contributed by atoms with E-state index in [0.717, 1.165) is 30.1 Å². The summed E-state index contributed by atoms with van der Waals surface area (Å²) in [4.78, 5) is 15.1. The summed E-state index contributed by atoms with van der Waals surface area (Å²) in [5, 5.41) is 0. The van der Waals surface area contributed by atoms with E-state index < -0.39 is 0 Å². The van der Waals surface area contributed by atoms with Gasteiger partial charge >= 0.3 is 0 Å². The van der Waals surface area contributed by atoms with E-state index in [2.05, 4.69) is 17.0 Å². The topological polar surface area (TPSA) is 29.5 Å². The zero-order chi connectivity index (χ0) is 16.8. The van der Waals surface area contributed by atoms with E-state index in [-0.39, 0.29) is 5.78 Å². The Morgan fingerprint density at radius 1 is 0.917 bits per heavy atom. The van der Waals surface area contributed by atoms with Crippen LogP contribution < -0.4 is 4.74 Å². The van der Waals surface area contributed by atoms with E-state index in [1.165, 1.54) is 19.3 Å². The molecule has 0 atom stereocenters. The number of hydrogen-bond acceptors (Lipinski definition) is 3. The number of carbonyl (C=O) groups excluding carboxylic acids is 1. The second kappa shape index (κ2) is 7.82. The minimum atomic E-state index is 0.0297. The van der Waals surface area contributed by atoms with E-state index in [1.807, 2.05) is 42.5 Å². The molecule has 2 aromatic carbocycles. The maximum Gasteiger partial charge on any atom is 0.187 e. The Hall–Kier alpha value is -2.55. The standard InChI is InChI=1S/C21H23NO2/c1-24-19-12-10-18(11-13-19)21(23)16-20(17-8-4-2-5-9-17)22-14-6-3-7-15-22/h2,4-5,8-13,16H,3,6-7,14-15H2,1H3/b20-16+. The molecular formula is C21H23NO2. The molecule has 2 aromatic rings. The lowest BCUT2D eigenvalue weighted by Gasteiger charge is -2.31. The third-order valence-electron chi connectivity index (χ3n) is 4.41. The number of piperidine rings is 1. The van der Waals surface area contributed by atoms with Crippen LogP contribution in [0.3, 0.4) is 0 Å². The van der Waals surface area contributed by atoms with Crippen LogP contribution in [-0.2, 0) is 0 Å². The van der Waals surface area contributed by atoms with Crippen molar-refractivity contribution >= 4 is 11.5 Å². The molecule has 0 saturated carbocycles. The number of benzene rings is 2. The Kier molecular flexibility index (Phi) is 5.32. The van der Waals surface area contributed by atoms with Crippen molar-refractivity contribution in [1.29, 1.82) is 0 Å². The van der Waals surface area contributed by atoms with Crippen LogP contribution in [0.5, 0.6) is 5.75 Å². The van der Waals surface area contributed by atoms with E-state index >= 15 is 0 Å². The number of likely N-dealkylation sites (tertiary alicyclic amines) is 1. The van der Waals surface area contributed by atoms with Gasteiger partial charge in [0.15, 0.2) is 5.78 Å². The molecule has 3 rings (SSSR count). The summed E-state index contributed by atoms with van der Waals surface area (Å²) >= 11 is 0. The van der Waals surface area contributed by atoms with Crippen LogP contribution in [0, 0.1) is 0 Å². The third kappa shape index (κ3) is 3.85. The van der Waals surface area contributed by atoms with Gasteiger partial charge in [0, 0.05) is 30.4 Å². The molecule has 0 unspecified atom stereocenters. The van der Waals surface area contributed by atoms with Crippen molar-refractivity contribution in [3.63, 3.8) is 0 Å². The number of methoxy groups -OCH3 is 1. The molecule has 0 radical (unpaired) electrons.